The molecule has 6 heteroatoms. The van der Waals surface area contributed by atoms with E-state index in [2.05, 4.69) is 26.3 Å². The molecule has 3 rings (SSSR count). The summed E-state index contributed by atoms with van der Waals surface area (Å²) in [5.41, 5.74) is 0. The molecule has 1 heterocycles. The number of benzene rings is 1. The van der Waals surface area contributed by atoms with Crippen molar-refractivity contribution >= 4 is 27.7 Å². The standard InChI is InChI=1S/C17H20BrN3O2/c1-12(23-15-8-6-13(18)7-9-15)17(22)20-16-10-11-19-21(16)14-4-2-3-5-14/h6-12,14H,2-5H2,1H3,(H,20,22). The van der Waals surface area contributed by atoms with Crippen molar-refractivity contribution in [3.05, 3.63) is 41.0 Å². The molecule has 1 amide bonds. The lowest BCUT2D eigenvalue weighted by molar-refractivity contribution is -0.122. The lowest BCUT2D eigenvalue weighted by atomic mass is 10.2. The normalized spacial score (nSPS) is 16.3. The lowest BCUT2D eigenvalue weighted by Crippen LogP contribution is -2.31. The molecule has 1 aliphatic rings. The molecule has 0 spiro atoms. The van der Waals surface area contributed by atoms with Crippen LogP contribution in [0.25, 0.3) is 0 Å². The SMILES string of the molecule is CC(Oc1ccc(Br)cc1)C(=O)Nc1ccnn1C1CCCC1. The van der Waals surface area contributed by atoms with Crippen LogP contribution in [0.2, 0.25) is 0 Å². The Balaban J connectivity index is 1.62. The highest BCUT2D eigenvalue weighted by molar-refractivity contribution is 9.10. The zero-order chi connectivity index (χ0) is 16.2. The molecule has 23 heavy (non-hydrogen) atoms. The lowest BCUT2D eigenvalue weighted by Gasteiger charge is -2.17. The Morgan fingerprint density at radius 3 is 2.70 bits per heavy atom. The summed E-state index contributed by atoms with van der Waals surface area (Å²) in [6.45, 7) is 1.74. The average molecular weight is 378 g/mol. The van der Waals surface area contributed by atoms with Crippen LogP contribution in [0.5, 0.6) is 5.75 Å². The van der Waals surface area contributed by atoms with Gasteiger partial charge in [-0.05, 0) is 44.0 Å². The minimum absolute atomic E-state index is 0.173. The van der Waals surface area contributed by atoms with Crippen LogP contribution in [-0.2, 0) is 4.79 Å². The second-order valence-corrected chi connectivity index (χ2v) is 6.72. The Hall–Kier alpha value is -1.82. The molecule has 2 aromatic rings. The van der Waals surface area contributed by atoms with Gasteiger partial charge in [0.25, 0.3) is 5.91 Å². The molecule has 1 aromatic heterocycles. The number of hydrogen-bond donors (Lipinski definition) is 1. The van der Waals surface area contributed by atoms with E-state index < -0.39 is 6.10 Å². The molecule has 0 saturated heterocycles. The van der Waals surface area contributed by atoms with Crippen molar-refractivity contribution in [2.75, 3.05) is 5.32 Å². The van der Waals surface area contributed by atoms with Gasteiger partial charge in [-0.15, -0.1) is 0 Å². The van der Waals surface area contributed by atoms with Crippen LogP contribution in [0.4, 0.5) is 5.82 Å². The fourth-order valence-corrected chi connectivity index (χ4v) is 3.12. The molecular formula is C17H20BrN3O2. The van der Waals surface area contributed by atoms with E-state index in [-0.39, 0.29) is 5.91 Å². The zero-order valence-corrected chi connectivity index (χ0v) is 14.6. The topological polar surface area (TPSA) is 56.1 Å². The number of hydrogen-bond acceptors (Lipinski definition) is 3. The molecule has 1 fully saturated rings. The summed E-state index contributed by atoms with van der Waals surface area (Å²) in [6.07, 6.45) is 5.84. The minimum atomic E-state index is -0.580. The number of amides is 1. The first-order chi connectivity index (χ1) is 11.1. The third-order valence-electron chi connectivity index (χ3n) is 4.09. The molecule has 0 radical (unpaired) electrons. The van der Waals surface area contributed by atoms with Gasteiger partial charge in [0.1, 0.15) is 11.6 Å². The number of rotatable bonds is 5. The molecule has 122 valence electrons. The summed E-state index contributed by atoms with van der Waals surface area (Å²) in [5, 5.41) is 7.29. The van der Waals surface area contributed by atoms with Gasteiger partial charge in [-0.2, -0.15) is 5.10 Å². The maximum atomic E-state index is 12.4. The molecule has 1 N–H and O–H groups in total. The van der Waals surface area contributed by atoms with Crippen LogP contribution in [0.3, 0.4) is 0 Å². The van der Waals surface area contributed by atoms with Crippen LogP contribution < -0.4 is 10.1 Å². The molecule has 0 aliphatic heterocycles. The van der Waals surface area contributed by atoms with E-state index in [9.17, 15) is 4.79 Å². The van der Waals surface area contributed by atoms with E-state index in [0.29, 0.717) is 11.8 Å². The van der Waals surface area contributed by atoms with Crippen molar-refractivity contribution in [1.82, 2.24) is 9.78 Å². The fraction of sp³-hybridized carbons (Fsp3) is 0.412. The number of carbonyl (C=O) groups is 1. The molecule has 0 bridgehead atoms. The second kappa shape index (κ2) is 7.17. The van der Waals surface area contributed by atoms with E-state index >= 15 is 0 Å². The van der Waals surface area contributed by atoms with Crippen molar-refractivity contribution in [2.24, 2.45) is 0 Å². The van der Waals surface area contributed by atoms with Gasteiger partial charge in [0.15, 0.2) is 6.10 Å². The van der Waals surface area contributed by atoms with Gasteiger partial charge in [-0.1, -0.05) is 28.8 Å². The summed E-state index contributed by atoms with van der Waals surface area (Å²) in [7, 11) is 0. The quantitative estimate of drug-likeness (QED) is 0.850. The number of carbonyl (C=O) groups excluding carboxylic acids is 1. The molecule has 1 saturated carbocycles. The first-order valence-corrected chi connectivity index (χ1v) is 8.69. The van der Waals surface area contributed by atoms with Crippen molar-refractivity contribution in [3.63, 3.8) is 0 Å². The van der Waals surface area contributed by atoms with E-state index in [1.54, 1.807) is 13.1 Å². The maximum Gasteiger partial charge on any atom is 0.266 e. The Morgan fingerprint density at radius 1 is 1.30 bits per heavy atom. The van der Waals surface area contributed by atoms with Gasteiger partial charge >= 0.3 is 0 Å². The van der Waals surface area contributed by atoms with Gasteiger partial charge in [0, 0.05) is 10.5 Å². The second-order valence-electron chi connectivity index (χ2n) is 5.80. The van der Waals surface area contributed by atoms with E-state index in [1.807, 2.05) is 35.0 Å². The van der Waals surface area contributed by atoms with Crippen molar-refractivity contribution < 1.29 is 9.53 Å². The maximum absolute atomic E-state index is 12.4. The number of halogens is 1. The molecule has 1 unspecified atom stereocenters. The highest BCUT2D eigenvalue weighted by atomic mass is 79.9. The largest absolute Gasteiger partial charge is 0.481 e. The van der Waals surface area contributed by atoms with Crippen LogP contribution in [-0.4, -0.2) is 21.8 Å². The number of aromatic nitrogens is 2. The minimum Gasteiger partial charge on any atom is -0.481 e. The number of nitrogens with one attached hydrogen (secondary N) is 1. The van der Waals surface area contributed by atoms with Gasteiger partial charge in [0.05, 0.1) is 12.2 Å². The third-order valence-corrected chi connectivity index (χ3v) is 4.62. The van der Waals surface area contributed by atoms with Crippen LogP contribution in [0.15, 0.2) is 41.0 Å². The molecular weight excluding hydrogens is 358 g/mol. The molecule has 1 atom stereocenters. The number of nitrogens with zero attached hydrogens (tertiary/aromatic N) is 2. The van der Waals surface area contributed by atoms with Gasteiger partial charge < -0.3 is 10.1 Å². The van der Waals surface area contributed by atoms with Crippen LogP contribution in [0, 0.1) is 0 Å². The Morgan fingerprint density at radius 2 is 2.00 bits per heavy atom. The van der Waals surface area contributed by atoms with E-state index in [1.165, 1.54) is 12.8 Å². The van der Waals surface area contributed by atoms with Gasteiger partial charge in [-0.25, -0.2) is 4.68 Å². The third kappa shape index (κ3) is 3.93. The zero-order valence-electron chi connectivity index (χ0n) is 13.0. The molecule has 5 nitrogen and oxygen atoms in total. The number of ether oxygens (including phenoxy) is 1. The Kier molecular flexibility index (Phi) is 5.00. The Bertz CT molecular complexity index is 663. The molecule has 1 aromatic carbocycles. The highest BCUT2D eigenvalue weighted by Crippen LogP contribution is 2.31. The van der Waals surface area contributed by atoms with Crippen LogP contribution in [0.1, 0.15) is 38.6 Å². The predicted molar refractivity (Wildman–Crippen MR) is 92.6 cm³/mol. The summed E-state index contributed by atoms with van der Waals surface area (Å²) in [4.78, 5) is 12.4. The predicted octanol–water partition coefficient (Wildman–Crippen LogP) is 4.17. The van der Waals surface area contributed by atoms with Crippen molar-refractivity contribution in [1.29, 1.82) is 0 Å². The van der Waals surface area contributed by atoms with E-state index in [0.717, 1.165) is 23.1 Å². The summed E-state index contributed by atoms with van der Waals surface area (Å²) in [6, 6.07) is 9.66. The van der Waals surface area contributed by atoms with Crippen molar-refractivity contribution in [2.45, 2.75) is 44.8 Å². The summed E-state index contributed by atoms with van der Waals surface area (Å²) >= 11 is 3.38. The molecule has 1 aliphatic carbocycles. The average Bonchev–Trinajstić information content (AvgIpc) is 3.20. The number of anilines is 1. The first-order valence-electron chi connectivity index (χ1n) is 7.90. The first kappa shape index (κ1) is 16.1. The van der Waals surface area contributed by atoms with Gasteiger partial charge in [0.2, 0.25) is 0 Å². The summed E-state index contributed by atoms with van der Waals surface area (Å²) in [5.74, 6) is 1.24. The summed E-state index contributed by atoms with van der Waals surface area (Å²) < 4.78 is 8.58. The van der Waals surface area contributed by atoms with Crippen LogP contribution >= 0.6 is 15.9 Å². The highest BCUT2D eigenvalue weighted by Gasteiger charge is 2.22. The monoisotopic (exact) mass is 377 g/mol. The smallest absolute Gasteiger partial charge is 0.266 e. The Labute approximate surface area is 144 Å². The fourth-order valence-electron chi connectivity index (χ4n) is 2.85. The van der Waals surface area contributed by atoms with E-state index in [4.69, 9.17) is 4.74 Å². The van der Waals surface area contributed by atoms with Crippen molar-refractivity contribution in [3.8, 4) is 5.75 Å². The van der Waals surface area contributed by atoms with Gasteiger partial charge in [-0.3, -0.25) is 4.79 Å².